The lowest BCUT2D eigenvalue weighted by molar-refractivity contribution is -0.154. The molecule has 0 rings (SSSR count). The molecule has 0 atom stereocenters. The summed E-state index contributed by atoms with van der Waals surface area (Å²) >= 11 is 0. The van der Waals surface area contributed by atoms with Gasteiger partial charge in [-0.15, -0.1) is 10.0 Å². The van der Waals surface area contributed by atoms with E-state index in [0.29, 0.717) is 0 Å². The summed E-state index contributed by atoms with van der Waals surface area (Å²) in [6.45, 7) is -0.359. The smallest absolute Gasteiger partial charge is 0.434 e. The van der Waals surface area contributed by atoms with E-state index in [1.807, 2.05) is 0 Å². The fourth-order valence-electron chi connectivity index (χ4n) is 1.07. The van der Waals surface area contributed by atoms with E-state index in [1.165, 1.54) is 0 Å². The Morgan fingerprint density at radius 2 is 1.06 bits per heavy atom. The Bertz CT molecular complexity index is 323. The Morgan fingerprint density at radius 3 is 1.22 bits per heavy atom. The predicted octanol–water partition coefficient (Wildman–Crippen LogP) is -1.39. The maximum atomic E-state index is 11.4. The molecule has 0 unspecified atom stereocenters. The van der Waals surface area contributed by atoms with Crippen molar-refractivity contribution in [1.29, 1.82) is 0 Å². The molecule has 0 aromatic rings. The van der Waals surface area contributed by atoms with E-state index in [9.17, 15) is 19.2 Å². The van der Waals surface area contributed by atoms with Crippen LogP contribution in [0.1, 0.15) is 12.8 Å². The first-order valence-corrected chi connectivity index (χ1v) is 4.88. The number of nitrogens with two attached hydrogens (primary N) is 2. The highest BCUT2D eigenvalue weighted by Gasteiger charge is 2.35. The zero-order chi connectivity index (χ0) is 14.3. The van der Waals surface area contributed by atoms with Crippen LogP contribution in [-0.4, -0.2) is 57.3 Å². The van der Waals surface area contributed by atoms with Gasteiger partial charge in [0.25, 0.3) is 11.8 Å². The lowest BCUT2D eigenvalue weighted by Crippen LogP contribution is -2.55. The lowest BCUT2D eigenvalue weighted by atomic mass is 10.3. The van der Waals surface area contributed by atoms with E-state index in [2.05, 4.69) is 0 Å². The highest BCUT2D eigenvalue weighted by Crippen LogP contribution is 2.05. The van der Waals surface area contributed by atoms with E-state index < -0.39 is 36.8 Å². The van der Waals surface area contributed by atoms with Gasteiger partial charge in [0.05, 0.1) is 0 Å². The monoisotopic (exact) mass is 262 g/mol. The van der Waals surface area contributed by atoms with Gasteiger partial charge >= 0.3 is 12.2 Å². The van der Waals surface area contributed by atoms with Crippen molar-refractivity contribution >= 4 is 24.0 Å². The SMILES string of the molecule is NCCC(=O)N(C(=O)O)N(C(=O)O)C(=O)CCN. The van der Waals surface area contributed by atoms with E-state index >= 15 is 0 Å². The molecule has 0 aliphatic rings. The second kappa shape index (κ2) is 7.19. The van der Waals surface area contributed by atoms with E-state index in [1.54, 1.807) is 0 Å². The number of rotatable bonds is 4. The first-order valence-electron chi connectivity index (χ1n) is 4.88. The Morgan fingerprint density at radius 1 is 0.778 bits per heavy atom. The minimum Gasteiger partial charge on any atom is -0.463 e. The second-order valence-corrected chi connectivity index (χ2v) is 3.05. The molecule has 102 valence electrons. The van der Waals surface area contributed by atoms with Crippen molar-refractivity contribution in [1.82, 2.24) is 10.0 Å². The van der Waals surface area contributed by atoms with Crippen molar-refractivity contribution in [3.05, 3.63) is 0 Å². The normalized spacial score (nSPS) is 9.67. The molecule has 0 saturated carbocycles. The average molecular weight is 262 g/mol. The molecule has 0 radical (unpaired) electrons. The first kappa shape index (κ1) is 15.8. The van der Waals surface area contributed by atoms with Crippen LogP contribution in [0.5, 0.6) is 0 Å². The van der Waals surface area contributed by atoms with Crippen molar-refractivity contribution in [3.63, 3.8) is 0 Å². The number of hydrogen-bond acceptors (Lipinski definition) is 6. The molecule has 0 aromatic heterocycles. The summed E-state index contributed by atoms with van der Waals surface area (Å²) in [4.78, 5) is 44.5. The Balaban J connectivity index is 5.24. The lowest BCUT2D eigenvalue weighted by Gasteiger charge is -2.26. The van der Waals surface area contributed by atoms with Crippen LogP contribution >= 0.6 is 0 Å². The predicted molar refractivity (Wildman–Crippen MR) is 57.1 cm³/mol. The number of carbonyl (C=O) groups excluding carboxylic acids is 2. The van der Waals surface area contributed by atoms with Gasteiger partial charge in [0.15, 0.2) is 0 Å². The van der Waals surface area contributed by atoms with Crippen LogP contribution in [-0.2, 0) is 9.59 Å². The topological polar surface area (TPSA) is 167 Å². The third-order valence-electron chi connectivity index (χ3n) is 1.75. The maximum Gasteiger partial charge on any atom is 0.434 e. The van der Waals surface area contributed by atoms with Crippen LogP contribution in [0, 0.1) is 0 Å². The summed E-state index contributed by atoms with van der Waals surface area (Å²) < 4.78 is 0. The summed E-state index contributed by atoms with van der Waals surface area (Å²) in [6.07, 6.45) is -4.60. The fraction of sp³-hybridized carbons (Fsp3) is 0.500. The molecule has 0 saturated heterocycles. The molecule has 18 heavy (non-hydrogen) atoms. The van der Waals surface area contributed by atoms with Crippen LogP contribution in [0.25, 0.3) is 0 Å². The molecule has 6 N–H and O–H groups in total. The van der Waals surface area contributed by atoms with Gasteiger partial charge in [-0.2, -0.15) is 0 Å². The molecule has 0 bridgehead atoms. The van der Waals surface area contributed by atoms with Gasteiger partial charge in [-0.05, 0) is 0 Å². The Hall–Kier alpha value is -2.20. The molecule has 10 nitrogen and oxygen atoms in total. The van der Waals surface area contributed by atoms with Crippen LogP contribution in [0.3, 0.4) is 0 Å². The molecule has 0 fully saturated rings. The van der Waals surface area contributed by atoms with Crippen molar-refractivity contribution in [2.24, 2.45) is 11.5 Å². The number of carboxylic acid groups (broad SMARTS) is 2. The fourth-order valence-corrected chi connectivity index (χ4v) is 1.07. The number of imide groups is 2. The first-order chi connectivity index (χ1) is 8.36. The van der Waals surface area contributed by atoms with Gasteiger partial charge in [0, 0.05) is 25.9 Å². The maximum absolute atomic E-state index is 11.4. The Kier molecular flexibility index (Phi) is 6.31. The zero-order valence-corrected chi connectivity index (χ0v) is 9.40. The van der Waals surface area contributed by atoms with Gasteiger partial charge in [-0.1, -0.05) is 0 Å². The minimum atomic E-state index is -1.89. The molecule has 0 aliphatic heterocycles. The molecule has 0 spiro atoms. The van der Waals surface area contributed by atoms with Crippen LogP contribution in [0.2, 0.25) is 0 Å². The van der Waals surface area contributed by atoms with Crippen molar-refractivity contribution in [2.75, 3.05) is 13.1 Å². The van der Waals surface area contributed by atoms with Gasteiger partial charge in [0.1, 0.15) is 0 Å². The molecule has 0 aromatic carbocycles. The third kappa shape index (κ3) is 3.99. The summed E-state index contributed by atoms with van der Waals surface area (Å²) in [5.41, 5.74) is 10.1. The van der Waals surface area contributed by atoms with Gasteiger partial charge in [-0.3, -0.25) is 9.59 Å². The number of carbonyl (C=O) groups is 4. The summed E-state index contributed by atoms with van der Waals surface area (Å²) in [7, 11) is 0. The van der Waals surface area contributed by atoms with Crippen molar-refractivity contribution < 1.29 is 29.4 Å². The second-order valence-electron chi connectivity index (χ2n) is 3.05. The van der Waals surface area contributed by atoms with Gasteiger partial charge in [0.2, 0.25) is 0 Å². The molecular formula is C8H14N4O6. The standard InChI is InChI=1S/C8H14N4O6/c9-3-1-5(13)11(7(15)16)12(8(17)18)6(14)2-4-10/h1-4,9-10H2,(H,15,16)(H,17,18). The summed E-state index contributed by atoms with van der Waals surface area (Å²) in [5, 5.41) is 17.2. The van der Waals surface area contributed by atoms with E-state index in [4.69, 9.17) is 21.7 Å². The van der Waals surface area contributed by atoms with Gasteiger partial charge < -0.3 is 21.7 Å². The number of hydrogen-bond donors (Lipinski definition) is 4. The van der Waals surface area contributed by atoms with Gasteiger partial charge in [-0.25, -0.2) is 9.59 Å². The molecule has 4 amide bonds. The van der Waals surface area contributed by atoms with Crippen LogP contribution in [0.15, 0.2) is 0 Å². The van der Waals surface area contributed by atoms with E-state index in [0.717, 1.165) is 0 Å². The van der Waals surface area contributed by atoms with Crippen molar-refractivity contribution in [3.8, 4) is 0 Å². The number of nitrogens with zero attached hydrogens (tertiary/aromatic N) is 2. The average Bonchev–Trinajstić information content (AvgIpc) is 2.24. The zero-order valence-electron chi connectivity index (χ0n) is 9.40. The highest BCUT2D eigenvalue weighted by atomic mass is 16.4. The summed E-state index contributed by atoms with van der Waals surface area (Å²) in [6, 6.07) is 0. The Labute approximate surface area is 102 Å². The van der Waals surface area contributed by atoms with Crippen molar-refractivity contribution in [2.45, 2.75) is 12.8 Å². The summed E-state index contributed by atoms with van der Waals surface area (Å²) in [5.74, 6) is -2.23. The number of amides is 4. The van der Waals surface area contributed by atoms with E-state index in [-0.39, 0.29) is 23.1 Å². The van der Waals surface area contributed by atoms with Crippen LogP contribution in [0.4, 0.5) is 9.59 Å². The van der Waals surface area contributed by atoms with Crippen LogP contribution < -0.4 is 11.5 Å². The molecule has 0 heterocycles. The molecule has 10 heteroatoms. The molecule has 0 aliphatic carbocycles. The largest absolute Gasteiger partial charge is 0.463 e. The highest BCUT2D eigenvalue weighted by molar-refractivity contribution is 6.00. The quantitative estimate of drug-likeness (QED) is 0.449. The molecular weight excluding hydrogens is 248 g/mol. The minimum absolute atomic E-state index is 0.179. The number of hydrazine groups is 1. The third-order valence-corrected chi connectivity index (χ3v) is 1.75.